The molecule has 146 valence electrons. The third kappa shape index (κ3) is 5.97. The largest absolute Gasteiger partial charge is 0.355 e. The van der Waals surface area contributed by atoms with Gasteiger partial charge in [-0.1, -0.05) is 43.1 Å². The highest BCUT2D eigenvalue weighted by molar-refractivity contribution is 7.92. The molecule has 2 aromatic rings. The lowest BCUT2D eigenvalue weighted by molar-refractivity contribution is -0.119. The molecule has 0 fully saturated rings. The summed E-state index contributed by atoms with van der Waals surface area (Å²) < 4.78 is 27.4. The van der Waals surface area contributed by atoms with Crippen LogP contribution in [-0.2, 0) is 14.8 Å². The Morgan fingerprint density at radius 3 is 2.22 bits per heavy atom. The molecule has 0 unspecified atom stereocenters. The summed E-state index contributed by atoms with van der Waals surface area (Å²) >= 11 is 5.92. The van der Waals surface area contributed by atoms with E-state index in [0.29, 0.717) is 23.2 Å². The Morgan fingerprint density at radius 2 is 1.67 bits per heavy atom. The fourth-order valence-corrected chi connectivity index (χ4v) is 3.99. The number of rotatable bonds is 8. The van der Waals surface area contributed by atoms with Gasteiger partial charge in [-0.2, -0.15) is 0 Å². The minimum atomic E-state index is -3.89. The molecule has 5 nitrogen and oxygen atoms in total. The average molecular weight is 409 g/mol. The van der Waals surface area contributed by atoms with E-state index in [1.807, 2.05) is 6.92 Å². The number of halogens is 1. The number of aryl methyl sites for hydroxylation is 1. The van der Waals surface area contributed by atoms with Crippen LogP contribution in [0.3, 0.4) is 0 Å². The first-order valence-corrected chi connectivity index (χ1v) is 10.6. The predicted molar refractivity (Wildman–Crippen MR) is 110 cm³/mol. The summed E-state index contributed by atoms with van der Waals surface area (Å²) in [7, 11) is -3.89. The molecule has 0 aliphatic heterocycles. The topological polar surface area (TPSA) is 66.5 Å². The first-order chi connectivity index (χ1) is 12.7. The van der Waals surface area contributed by atoms with Crippen LogP contribution >= 0.6 is 11.6 Å². The van der Waals surface area contributed by atoms with Gasteiger partial charge >= 0.3 is 0 Å². The van der Waals surface area contributed by atoms with Crippen LogP contribution in [0.5, 0.6) is 0 Å². The van der Waals surface area contributed by atoms with Gasteiger partial charge < -0.3 is 5.32 Å². The van der Waals surface area contributed by atoms with Crippen molar-refractivity contribution in [2.45, 2.75) is 32.1 Å². The van der Waals surface area contributed by atoms with E-state index in [2.05, 4.69) is 19.2 Å². The van der Waals surface area contributed by atoms with Crippen molar-refractivity contribution in [2.75, 3.05) is 17.4 Å². The van der Waals surface area contributed by atoms with Crippen LogP contribution in [-0.4, -0.2) is 27.4 Å². The molecule has 2 rings (SSSR count). The molecule has 0 saturated carbocycles. The minimum absolute atomic E-state index is 0.137. The second-order valence-corrected chi connectivity index (χ2v) is 9.13. The van der Waals surface area contributed by atoms with Crippen molar-refractivity contribution in [1.29, 1.82) is 0 Å². The van der Waals surface area contributed by atoms with Gasteiger partial charge in [-0.05, 0) is 55.7 Å². The number of amides is 1. The SMILES string of the molecule is Cc1ccc(S(=O)(=O)N(CC(=O)NCCC(C)C)c2ccc(Cl)cc2)cc1. The third-order valence-electron chi connectivity index (χ3n) is 4.05. The number of anilines is 1. The fraction of sp³-hybridized carbons (Fsp3) is 0.350. The van der Waals surface area contributed by atoms with Crippen molar-refractivity contribution >= 4 is 33.2 Å². The van der Waals surface area contributed by atoms with Crippen molar-refractivity contribution in [3.8, 4) is 0 Å². The lowest BCUT2D eigenvalue weighted by Crippen LogP contribution is -2.41. The highest BCUT2D eigenvalue weighted by Gasteiger charge is 2.27. The van der Waals surface area contributed by atoms with Crippen LogP contribution in [0, 0.1) is 12.8 Å². The van der Waals surface area contributed by atoms with Crippen LogP contribution in [0.2, 0.25) is 5.02 Å². The summed E-state index contributed by atoms with van der Waals surface area (Å²) in [6, 6.07) is 12.9. The Kier molecular flexibility index (Phi) is 7.27. The molecule has 27 heavy (non-hydrogen) atoms. The molecule has 0 radical (unpaired) electrons. The summed E-state index contributed by atoms with van der Waals surface area (Å²) in [6.45, 7) is 6.23. The van der Waals surface area contributed by atoms with Gasteiger partial charge in [0, 0.05) is 11.6 Å². The van der Waals surface area contributed by atoms with Crippen molar-refractivity contribution in [3.05, 3.63) is 59.1 Å². The van der Waals surface area contributed by atoms with Gasteiger partial charge in [0.25, 0.3) is 10.0 Å². The molecule has 7 heteroatoms. The van der Waals surface area contributed by atoms with E-state index in [-0.39, 0.29) is 17.3 Å². The van der Waals surface area contributed by atoms with E-state index in [1.54, 1.807) is 48.5 Å². The minimum Gasteiger partial charge on any atom is -0.355 e. The molecule has 0 aliphatic rings. The van der Waals surface area contributed by atoms with Crippen LogP contribution < -0.4 is 9.62 Å². The highest BCUT2D eigenvalue weighted by Crippen LogP contribution is 2.25. The van der Waals surface area contributed by atoms with Gasteiger partial charge in [-0.15, -0.1) is 0 Å². The van der Waals surface area contributed by atoms with Gasteiger partial charge in [-0.3, -0.25) is 9.10 Å². The molecule has 0 bridgehead atoms. The van der Waals surface area contributed by atoms with Crippen molar-refractivity contribution in [3.63, 3.8) is 0 Å². The van der Waals surface area contributed by atoms with Crippen molar-refractivity contribution in [2.24, 2.45) is 5.92 Å². The van der Waals surface area contributed by atoms with Gasteiger partial charge in [0.15, 0.2) is 0 Å². The smallest absolute Gasteiger partial charge is 0.264 e. The summed E-state index contributed by atoms with van der Waals surface area (Å²) in [5.74, 6) is 0.107. The second kappa shape index (κ2) is 9.24. The Morgan fingerprint density at radius 1 is 1.07 bits per heavy atom. The van der Waals surface area contributed by atoms with Gasteiger partial charge in [0.2, 0.25) is 5.91 Å². The molecule has 0 aliphatic carbocycles. The van der Waals surface area contributed by atoms with Crippen LogP contribution in [0.15, 0.2) is 53.4 Å². The van der Waals surface area contributed by atoms with E-state index in [4.69, 9.17) is 11.6 Å². The number of carbonyl (C=O) groups is 1. The molecule has 0 aromatic heterocycles. The quantitative estimate of drug-likeness (QED) is 0.717. The summed E-state index contributed by atoms with van der Waals surface area (Å²) in [6.07, 6.45) is 0.831. The molecular formula is C20H25ClN2O3S. The van der Waals surface area contributed by atoms with Crippen LogP contribution in [0.1, 0.15) is 25.8 Å². The van der Waals surface area contributed by atoms with Crippen LogP contribution in [0.25, 0.3) is 0 Å². The normalized spacial score (nSPS) is 11.4. The summed E-state index contributed by atoms with van der Waals surface area (Å²) in [5.41, 5.74) is 1.34. The Hall–Kier alpha value is -2.05. The summed E-state index contributed by atoms with van der Waals surface area (Å²) in [4.78, 5) is 12.5. The number of carbonyl (C=O) groups excluding carboxylic acids is 1. The van der Waals surface area contributed by atoms with Gasteiger partial charge in [-0.25, -0.2) is 8.42 Å². The Balaban J connectivity index is 2.30. The average Bonchev–Trinajstić information content (AvgIpc) is 2.60. The number of benzene rings is 2. The number of hydrogen-bond acceptors (Lipinski definition) is 3. The molecular weight excluding hydrogens is 384 g/mol. The van der Waals surface area contributed by atoms with E-state index in [1.165, 1.54) is 0 Å². The van der Waals surface area contributed by atoms with Crippen LogP contribution in [0.4, 0.5) is 5.69 Å². The van der Waals surface area contributed by atoms with E-state index in [0.717, 1.165) is 16.3 Å². The number of hydrogen-bond donors (Lipinski definition) is 1. The number of nitrogens with one attached hydrogen (secondary N) is 1. The summed E-state index contributed by atoms with van der Waals surface area (Å²) in [5, 5.41) is 3.28. The maximum absolute atomic E-state index is 13.2. The standard InChI is InChI=1S/C20H25ClN2O3S/c1-15(2)12-13-22-20(24)14-23(18-8-6-17(21)7-9-18)27(25,26)19-10-4-16(3)5-11-19/h4-11,15H,12-14H2,1-3H3,(H,22,24). The van der Waals surface area contributed by atoms with E-state index < -0.39 is 10.0 Å². The van der Waals surface area contributed by atoms with Crippen molar-refractivity contribution in [1.82, 2.24) is 5.32 Å². The first kappa shape index (κ1) is 21.3. The first-order valence-electron chi connectivity index (χ1n) is 8.82. The lowest BCUT2D eigenvalue weighted by atomic mass is 10.1. The number of nitrogens with zero attached hydrogens (tertiary/aromatic N) is 1. The lowest BCUT2D eigenvalue weighted by Gasteiger charge is -2.24. The molecule has 1 amide bonds. The fourth-order valence-electron chi connectivity index (χ4n) is 2.45. The van der Waals surface area contributed by atoms with Crippen molar-refractivity contribution < 1.29 is 13.2 Å². The zero-order valence-corrected chi connectivity index (χ0v) is 17.3. The maximum Gasteiger partial charge on any atom is 0.264 e. The molecule has 1 N–H and O–H groups in total. The zero-order valence-electron chi connectivity index (χ0n) is 15.8. The third-order valence-corrected chi connectivity index (χ3v) is 6.09. The maximum atomic E-state index is 13.2. The molecule has 0 atom stereocenters. The van der Waals surface area contributed by atoms with Gasteiger partial charge in [0.1, 0.15) is 6.54 Å². The monoisotopic (exact) mass is 408 g/mol. The molecule has 0 saturated heterocycles. The zero-order chi connectivity index (χ0) is 20.0. The van der Waals surface area contributed by atoms with E-state index >= 15 is 0 Å². The molecule has 2 aromatic carbocycles. The Bertz CT molecular complexity index is 863. The highest BCUT2D eigenvalue weighted by atomic mass is 35.5. The van der Waals surface area contributed by atoms with Gasteiger partial charge in [0.05, 0.1) is 10.6 Å². The second-order valence-electron chi connectivity index (χ2n) is 6.83. The van der Waals surface area contributed by atoms with E-state index in [9.17, 15) is 13.2 Å². The Labute approximate surface area is 166 Å². The molecule has 0 spiro atoms. The predicted octanol–water partition coefficient (Wildman–Crippen LogP) is 4.01. The molecule has 0 heterocycles. The number of sulfonamides is 1.